The van der Waals surface area contributed by atoms with Gasteiger partial charge >= 0.3 is 0 Å². The molecule has 0 radical (unpaired) electrons. The molecule has 0 saturated carbocycles. The Morgan fingerprint density at radius 3 is 2.90 bits per heavy atom. The first-order valence-corrected chi connectivity index (χ1v) is 6.70. The average molecular weight is 269 g/mol. The summed E-state index contributed by atoms with van der Waals surface area (Å²) in [7, 11) is 1.65. The van der Waals surface area contributed by atoms with Crippen LogP contribution in [-0.4, -0.2) is 18.2 Å². The lowest BCUT2D eigenvalue weighted by atomic mass is 10.1. The molecule has 0 bridgehead atoms. The molecule has 0 aliphatic carbocycles. The van der Waals surface area contributed by atoms with Gasteiger partial charge in [-0.25, -0.2) is 0 Å². The Kier molecular flexibility index (Phi) is 4.80. The van der Waals surface area contributed by atoms with Gasteiger partial charge < -0.3 is 14.6 Å². The van der Waals surface area contributed by atoms with E-state index >= 15 is 0 Å². The maximum absolute atomic E-state index is 9.01. The summed E-state index contributed by atoms with van der Waals surface area (Å²) < 4.78 is 7.54. The highest BCUT2D eigenvalue weighted by molar-refractivity contribution is 5.42. The number of benzene rings is 1. The van der Waals surface area contributed by atoms with Crippen molar-refractivity contribution in [3.8, 4) is 11.8 Å². The Morgan fingerprint density at radius 1 is 1.35 bits per heavy atom. The van der Waals surface area contributed by atoms with Crippen LogP contribution in [0.15, 0.2) is 36.5 Å². The molecule has 2 aromatic rings. The maximum Gasteiger partial charge on any atom is 0.123 e. The Hall–Kier alpha value is -2.25. The van der Waals surface area contributed by atoms with Gasteiger partial charge in [0.25, 0.3) is 0 Å². The molecule has 0 spiro atoms. The van der Waals surface area contributed by atoms with Gasteiger partial charge in [0.15, 0.2) is 0 Å². The number of nitrogens with zero attached hydrogens (tertiary/aromatic N) is 2. The van der Waals surface area contributed by atoms with Gasteiger partial charge in [-0.2, -0.15) is 5.26 Å². The minimum absolute atomic E-state index is 0.654. The number of nitriles is 1. The van der Waals surface area contributed by atoms with Gasteiger partial charge in [0.1, 0.15) is 5.75 Å². The van der Waals surface area contributed by atoms with Crippen LogP contribution in [-0.2, 0) is 13.1 Å². The van der Waals surface area contributed by atoms with E-state index < -0.39 is 0 Å². The Bertz CT molecular complexity index is 610. The van der Waals surface area contributed by atoms with E-state index in [1.165, 1.54) is 5.69 Å². The second kappa shape index (κ2) is 6.78. The molecule has 1 N–H and O–H groups in total. The van der Waals surface area contributed by atoms with Crippen molar-refractivity contribution in [3.05, 3.63) is 53.3 Å². The monoisotopic (exact) mass is 269 g/mol. The summed E-state index contributed by atoms with van der Waals surface area (Å²) in [4.78, 5) is 0. The first kappa shape index (κ1) is 14.2. The quantitative estimate of drug-likeness (QED) is 0.876. The van der Waals surface area contributed by atoms with Gasteiger partial charge in [0, 0.05) is 24.0 Å². The summed E-state index contributed by atoms with van der Waals surface area (Å²) in [6.45, 7) is 4.57. The third-order valence-corrected chi connectivity index (χ3v) is 3.23. The fourth-order valence-electron chi connectivity index (χ4n) is 2.17. The van der Waals surface area contributed by atoms with Crippen molar-refractivity contribution in [1.82, 2.24) is 9.88 Å². The molecular weight excluding hydrogens is 250 g/mol. The predicted octanol–water partition coefficient (Wildman–Crippen LogP) is 2.53. The van der Waals surface area contributed by atoms with Crippen LogP contribution >= 0.6 is 0 Å². The Morgan fingerprint density at radius 2 is 2.20 bits per heavy atom. The summed E-state index contributed by atoms with van der Waals surface area (Å²) in [5, 5.41) is 12.3. The summed E-state index contributed by atoms with van der Waals surface area (Å²) in [6, 6.07) is 11.8. The molecule has 0 atom stereocenters. The van der Waals surface area contributed by atoms with E-state index in [0.29, 0.717) is 12.1 Å². The third kappa shape index (κ3) is 3.19. The van der Waals surface area contributed by atoms with Gasteiger partial charge in [0.05, 0.1) is 25.3 Å². The van der Waals surface area contributed by atoms with Crippen LogP contribution in [0.3, 0.4) is 0 Å². The molecule has 0 aliphatic rings. The number of hydrogen-bond acceptors (Lipinski definition) is 3. The van der Waals surface area contributed by atoms with E-state index in [1.807, 2.05) is 24.4 Å². The van der Waals surface area contributed by atoms with Crippen LogP contribution in [0.4, 0.5) is 0 Å². The minimum atomic E-state index is 0.654. The number of methoxy groups -OCH3 is 1. The van der Waals surface area contributed by atoms with Gasteiger partial charge in [-0.05, 0) is 36.9 Å². The molecule has 4 nitrogen and oxygen atoms in total. The zero-order valence-electron chi connectivity index (χ0n) is 11.9. The number of ether oxygens (including phenoxy) is 1. The highest BCUT2D eigenvalue weighted by Crippen LogP contribution is 2.21. The van der Waals surface area contributed by atoms with Crippen molar-refractivity contribution in [2.75, 3.05) is 13.7 Å². The molecule has 1 aromatic heterocycles. The smallest absolute Gasteiger partial charge is 0.123 e. The fraction of sp³-hybridized carbons (Fsp3) is 0.312. The molecule has 4 heteroatoms. The topological polar surface area (TPSA) is 50.0 Å². The molecule has 0 saturated heterocycles. The summed E-state index contributed by atoms with van der Waals surface area (Å²) in [5.74, 6) is 0.812. The molecule has 1 aromatic carbocycles. The standard InChI is InChI=1S/C16H19N3O/c1-3-18-11-15-5-4-8-19(15)12-14-9-13(10-17)6-7-16(14)20-2/h4-9,18H,3,11-12H2,1-2H3. The van der Waals surface area contributed by atoms with Crippen molar-refractivity contribution >= 4 is 0 Å². The molecule has 20 heavy (non-hydrogen) atoms. The lowest BCUT2D eigenvalue weighted by Gasteiger charge is -2.13. The third-order valence-electron chi connectivity index (χ3n) is 3.23. The van der Waals surface area contributed by atoms with Crippen LogP contribution in [0.1, 0.15) is 23.7 Å². The normalized spacial score (nSPS) is 10.2. The fourth-order valence-corrected chi connectivity index (χ4v) is 2.17. The molecule has 0 fully saturated rings. The van der Waals surface area contributed by atoms with Crippen LogP contribution in [0.25, 0.3) is 0 Å². The summed E-state index contributed by atoms with van der Waals surface area (Å²) >= 11 is 0. The first-order valence-electron chi connectivity index (χ1n) is 6.70. The van der Waals surface area contributed by atoms with E-state index in [9.17, 15) is 0 Å². The van der Waals surface area contributed by atoms with Crippen molar-refractivity contribution in [2.45, 2.75) is 20.0 Å². The van der Waals surface area contributed by atoms with Crippen LogP contribution in [0.2, 0.25) is 0 Å². The molecule has 104 valence electrons. The van der Waals surface area contributed by atoms with Gasteiger partial charge in [-0.15, -0.1) is 0 Å². The lowest BCUT2D eigenvalue weighted by Crippen LogP contribution is -2.15. The zero-order valence-corrected chi connectivity index (χ0v) is 11.9. The van der Waals surface area contributed by atoms with Crippen LogP contribution < -0.4 is 10.1 Å². The first-order chi connectivity index (χ1) is 9.78. The summed E-state index contributed by atoms with van der Waals surface area (Å²) in [5.41, 5.74) is 2.89. The zero-order chi connectivity index (χ0) is 14.4. The highest BCUT2D eigenvalue weighted by Gasteiger charge is 2.07. The number of hydrogen-bond donors (Lipinski definition) is 1. The number of rotatable bonds is 6. The molecule has 0 amide bonds. The van der Waals surface area contributed by atoms with Gasteiger partial charge in [-0.3, -0.25) is 0 Å². The van der Waals surface area contributed by atoms with Crippen molar-refractivity contribution in [1.29, 1.82) is 5.26 Å². The van der Waals surface area contributed by atoms with Crippen molar-refractivity contribution in [3.63, 3.8) is 0 Å². The molecule has 0 unspecified atom stereocenters. The molecular formula is C16H19N3O. The van der Waals surface area contributed by atoms with Gasteiger partial charge in [-0.1, -0.05) is 6.92 Å². The summed E-state index contributed by atoms with van der Waals surface area (Å²) in [6.07, 6.45) is 2.05. The largest absolute Gasteiger partial charge is 0.496 e. The SMILES string of the molecule is CCNCc1cccn1Cc1cc(C#N)ccc1OC. The van der Waals surface area contributed by atoms with E-state index in [2.05, 4.69) is 28.9 Å². The molecule has 1 heterocycles. The van der Waals surface area contributed by atoms with E-state index in [1.54, 1.807) is 13.2 Å². The van der Waals surface area contributed by atoms with Crippen LogP contribution in [0, 0.1) is 11.3 Å². The van der Waals surface area contributed by atoms with Gasteiger partial charge in [0.2, 0.25) is 0 Å². The Labute approximate surface area is 119 Å². The molecule has 2 rings (SSSR count). The lowest BCUT2D eigenvalue weighted by molar-refractivity contribution is 0.408. The molecule has 0 aliphatic heterocycles. The second-order valence-electron chi connectivity index (χ2n) is 4.55. The number of nitrogens with one attached hydrogen (secondary N) is 1. The van der Waals surface area contributed by atoms with Crippen molar-refractivity contribution < 1.29 is 4.74 Å². The van der Waals surface area contributed by atoms with E-state index in [-0.39, 0.29) is 0 Å². The minimum Gasteiger partial charge on any atom is -0.496 e. The highest BCUT2D eigenvalue weighted by atomic mass is 16.5. The Balaban J connectivity index is 2.25. The second-order valence-corrected chi connectivity index (χ2v) is 4.55. The predicted molar refractivity (Wildman–Crippen MR) is 78.6 cm³/mol. The van der Waals surface area contributed by atoms with E-state index in [0.717, 1.165) is 24.4 Å². The maximum atomic E-state index is 9.01. The van der Waals surface area contributed by atoms with Crippen LogP contribution in [0.5, 0.6) is 5.75 Å². The van der Waals surface area contributed by atoms with E-state index in [4.69, 9.17) is 10.00 Å². The average Bonchev–Trinajstić information content (AvgIpc) is 2.92. The van der Waals surface area contributed by atoms with Crippen molar-refractivity contribution in [2.24, 2.45) is 0 Å². The number of aromatic nitrogens is 1.